The maximum atomic E-state index is 4.05. The van der Waals surface area contributed by atoms with Crippen molar-refractivity contribution in [3.63, 3.8) is 0 Å². The lowest BCUT2D eigenvalue weighted by Gasteiger charge is -1.86. The van der Waals surface area contributed by atoms with Crippen molar-refractivity contribution in [1.82, 2.24) is 9.78 Å². The van der Waals surface area contributed by atoms with Gasteiger partial charge in [-0.05, 0) is 12.0 Å². The molecule has 0 bridgehead atoms. The van der Waals surface area contributed by atoms with Crippen LogP contribution in [0, 0.1) is 0 Å². The van der Waals surface area contributed by atoms with Gasteiger partial charge in [-0.2, -0.15) is 5.10 Å². The van der Waals surface area contributed by atoms with E-state index in [0.29, 0.717) is 0 Å². The zero-order chi connectivity index (χ0) is 6.69. The van der Waals surface area contributed by atoms with Crippen LogP contribution in [0.2, 0.25) is 0 Å². The molecule has 1 aromatic heterocycles. The van der Waals surface area contributed by atoms with Gasteiger partial charge >= 0.3 is 0 Å². The fourth-order valence-corrected chi connectivity index (χ4v) is 0.890. The minimum Gasteiger partial charge on any atom is -0.276 e. The average Bonchev–Trinajstić information content (AvgIpc) is 2.17. The van der Waals surface area contributed by atoms with E-state index >= 15 is 0 Å². The average molecular weight is 124 g/mol. The zero-order valence-electron chi connectivity index (χ0n) is 5.96. The fourth-order valence-electron chi connectivity index (χ4n) is 0.890. The molecule has 0 fully saturated rings. The molecule has 1 heterocycles. The molecule has 0 aliphatic rings. The molecule has 0 spiro atoms. The molecular weight excluding hydrogens is 112 g/mol. The van der Waals surface area contributed by atoms with Crippen LogP contribution in [0.5, 0.6) is 0 Å². The quantitative estimate of drug-likeness (QED) is 0.582. The third kappa shape index (κ3) is 1.56. The van der Waals surface area contributed by atoms with Gasteiger partial charge in [-0.3, -0.25) is 4.68 Å². The highest BCUT2D eigenvalue weighted by Gasteiger charge is 1.91. The third-order valence-corrected chi connectivity index (χ3v) is 1.30. The molecule has 0 aromatic carbocycles. The molecule has 0 aliphatic carbocycles. The van der Waals surface area contributed by atoms with Crippen LogP contribution in [0.15, 0.2) is 12.4 Å². The predicted octanol–water partition coefficient (Wildman–Crippen LogP) is 1.37. The highest BCUT2D eigenvalue weighted by atomic mass is 15.2. The Morgan fingerprint density at radius 2 is 2.44 bits per heavy atom. The van der Waals surface area contributed by atoms with Crippen molar-refractivity contribution in [3.05, 3.63) is 18.0 Å². The van der Waals surface area contributed by atoms with Crippen LogP contribution in [-0.2, 0) is 13.5 Å². The number of nitrogens with zero attached hydrogens (tertiary/aromatic N) is 2. The summed E-state index contributed by atoms with van der Waals surface area (Å²) in [5, 5.41) is 4.05. The van der Waals surface area contributed by atoms with E-state index in [-0.39, 0.29) is 0 Å². The molecule has 0 saturated carbocycles. The molecular formula is C7H12N2. The summed E-state index contributed by atoms with van der Waals surface area (Å²) in [4.78, 5) is 0. The Labute approximate surface area is 55.5 Å². The van der Waals surface area contributed by atoms with Gasteiger partial charge in [0.25, 0.3) is 0 Å². The van der Waals surface area contributed by atoms with Crippen molar-refractivity contribution in [3.8, 4) is 0 Å². The van der Waals surface area contributed by atoms with Gasteiger partial charge < -0.3 is 0 Å². The van der Waals surface area contributed by atoms with Crippen molar-refractivity contribution >= 4 is 0 Å². The summed E-state index contributed by atoms with van der Waals surface area (Å²) in [5.74, 6) is 0. The summed E-state index contributed by atoms with van der Waals surface area (Å²) in [5.41, 5.74) is 1.33. The first-order valence-corrected chi connectivity index (χ1v) is 3.30. The Balaban J connectivity index is 2.61. The molecule has 0 N–H and O–H groups in total. The second-order valence-electron chi connectivity index (χ2n) is 2.27. The van der Waals surface area contributed by atoms with E-state index in [0.717, 1.165) is 6.42 Å². The molecule has 50 valence electrons. The van der Waals surface area contributed by atoms with Crippen LogP contribution >= 0.6 is 0 Å². The highest BCUT2D eigenvalue weighted by Crippen LogP contribution is 1.98. The Morgan fingerprint density at radius 3 is 2.89 bits per heavy atom. The summed E-state index contributed by atoms with van der Waals surface area (Å²) < 4.78 is 1.84. The SMILES string of the molecule is CCCc1cnn(C)c1. The second kappa shape index (κ2) is 2.67. The maximum Gasteiger partial charge on any atom is 0.0521 e. The molecule has 2 heteroatoms. The minimum atomic E-state index is 1.15. The van der Waals surface area contributed by atoms with Gasteiger partial charge in [0.1, 0.15) is 0 Å². The smallest absolute Gasteiger partial charge is 0.0521 e. The highest BCUT2D eigenvalue weighted by molar-refractivity contribution is 5.02. The van der Waals surface area contributed by atoms with Gasteiger partial charge in [-0.25, -0.2) is 0 Å². The lowest BCUT2D eigenvalue weighted by molar-refractivity contribution is 0.766. The normalized spacial score (nSPS) is 10.0. The second-order valence-corrected chi connectivity index (χ2v) is 2.27. The largest absolute Gasteiger partial charge is 0.276 e. The van der Waals surface area contributed by atoms with Gasteiger partial charge in [0, 0.05) is 13.2 Å². The Morgan fingerprint density at radius 1 is 1.67 bits per heavy atom. The van der Waals surface area contributed by atoms with Crippen LogP contribution in [-0.4, -0.2) is 9.78 Å². The lowest BCUT2D eigenvalue weighted by atomic mass is 10.2. The number of rotatable bonds is 2. The lowest BCUT2D eigenvalue weighted by Crippen LogP contribution is -1.84. The van der Waals surface area contributed by atoms with Crippen LogP contribution in [0.1, 0.15) is 18.9 Å². The van der Waals surface area contributed by atoms with Gasteiger partial charge in [-0.15, -0.1) is 0 Å². The summed E-state index contributed by atoms with van der Waals surface area (Å²) in [6, 6.07) is 0. The summed E-state index contributed by atoms with van der Waals surface area (Å²) in [7, 11) is 1.94. The topological polar surface area (TPSA) is 17.8 Å². The van der Waals surface area contributed by atoms with Crippen LogP contribution < -0.4 is 0 Å². The van der Waals surface area contributed by atoms with Gasteiger partial charge in [0.15, 0.2) is 0 Å². The Bertz CT molecular complexity index is 179. The van der Waals surface area contributed by atoms with Gasteiger partial charge in [0.05, 0.1) is 6.20 Å². The van der Waals surface area contributed by atoms with Crippen LogP contribution in [0.3, 0.4) is 0 Å². The van der Waals surface area contributed by atoms with Crippen LogP contribution in [0.4, 0.5) is 0 Å². The van der Waals surface area contributed by atoms with Crippen molar-refractivity contribution in [1.29, 1.82) is 0 Å². The van der Waals surface area contributed by atoms with Gasteiger partial charge in [0.2, 0.25) is 0 Å². The first-order valence-electron chi connectivity index (χ1n) is 3.30. The standard InChI is InChI=1S/C7H12N2/c1-3-4-7-5-8-9(2)6-7/h5-6H,3-4H2,1-2H3. The first-order chi connectivity index (χ1) is 4.33. The number of aryl methyl sites for hydroxylation is 2. The molecule has 0 amide bonds. The Kier molecular flexibility index (Phi) is 1.88. The monoisotopic (exact) mass is 124 g/mol. The fraction of sp³-hybridized carbons (Fsp3) is 0.571. The third-order valence-electron chi connectivity index (χ3n) is 1.30. The molecule has 2 nitrogen and oxygen atoms in total. The molecule has 0 saturated heterocycles. The van der Waals surface area contributed by atoms with E-state index in [1.54, 1.807) is 0 Å². The predicted molar refractivity (Wildman–Crippen MR) is 37.2 cm³/mol. The van der Waals surface area contributed by atoms with Gasteiger partial charge in [-0.1, -0.05) is 13.3 Å². The summed E-state index contributed by atoms with van der Waals surface area (Å²) >= 11 is 0. The number of hydrogen-bond donors (Lipinski definition) is 0. The Hall–Kier alpha value is -0.790. The maximum absolute atomic E-state index is 4.05. The van der Waals surface area contributed by atoms with E-state index < -0.39 is 0 Å². The molecule has 9 heavy (non-hydrogen) atoms. The number of hydrogen-bond acceptors (Lipinski definition) is 1. The van der Waals surface area contributed by atoms with E-state index in [1.165, 1.54) is 12.0 Å². The van der Waals surface area contributed by atoms with Crippen molar-refractivity contribution in [2.24, 2.45) is 7.05 Å². The van der Waals surface area contributed by atoms with Crippen molar-refractivity contribution < 1.29 is 0 Å². The summed E-state index contributed by atoms with van der Waals surface area (Å²) in [6.07, 6.45) is 6.33. The minimum absolute atomic E-state index is 1.15. The first kappa shape index (κ1) is 6.33. The molecule has 1 rings (SSSR count). The van der Waals surface area contributed by atoms with Crippen molar-refractivity contribution in [2.75, 3.05) is 0 Å². The van der Waals surface area contributed by atoms with Crippen LogP contribution in [0.25, 0.3) is 0 Å². The number of aromatic nitrogens is 2. The molecule has 1 aromatic rings. The van der Waals surface area contributed by atoms with E-state index in [2.05, 4.69) is 18.2 Å². The summed E-state index contributed by atoms with van der Waals surface area (Å²) in [6.45, 7) is 2.17. The van der Waals surface area contributed by atoms with E-state index in [9.17, 15) is 0 Å². The molecule has 0 aliphatic heterocycles. The molecule has 0 unspecified atom stereocenters. The van der Waals surface area contributed by atoms with E-state index in [1.807, 2.05) is 17.9 Å². The molecule has 0 atom stereocenters. The zero-order valence-corrected chi connectivity index (χ0v) is 5.96. The molecule has 0 radical (unpaired) electrons. The van der Waals surface area contributed by atoms with Crippen molar-refractivity contribution in [2.45, 2.75) is 19.8 Å². The van der Waals surface area contributed by atoms with E-state index in [4.69, 9.17) is 0 Å².